The van der Waals surface area contributed by atoms with E-state index < -0.39 is 0 Å². The number of aromatic nitrogens is 1. The minimum Gasteiger partial charge on any atom is -0.267 e. The molecule has 4 nitrogen and oxygen atoms in total. The van der Waals surface area contributed by atoms with Crippen LogP contribution in [0.4, 0.5) is 0 Å². The third-order valence-electron chi connectivity index (χ3n) is 1.50. The minimum absolute atomic E-state index is 0.200. The predicted molar refractivity (Wildman–Crippen MR) is 49.3 cm³/mol. The highest BCUT2D eigenvalue weighted by atomic mass is 16.2. The zero-order valence-electron chi connectivity index (χ0n) is 7.69. The molecule has 1 aromatic heterocycles. The molecule has 0 saturated carbocycles. The summed E-state index contributed by atoms with van der Waals surface area (Å²) in [6, 6.07) is 3.55. The van der Waals surface area contributed by atoms with Gasteiger partial charge in [-0.15, -0.1) is 0 Å². The molecule has 13 heavy (non-hydrogen) atoms. The molecular weight excluding hydrogens is 166 g/mol. The van der Waals surface area contributed by atoms with E-state index in [1.165, 1.54) is 6.21 Å². The molecule has 1 N–H and O–H groups in total. The Morgan fingerprint density at radius 2 is 2.46 bits per heavy atom. The Morgan fingerprint density at radius 1 is 1.69 bits per heavy atom. The molecule has 1 aromatic rings. The van der Waals surface area contributed by atoms with E-state index >= 15 is 0 Å². The number of nitrogens with zero attached hydrogens (tertiary/aromatic N) is 2. The first-order valence-electron chi connectivity index (χ1n) is 3.97. The van der Waals surface area contributed by atoms with Crippen molar-refractivity contribution in [3.63, 3.8) is 0 Å². The number of rotatable bonds is 2. The van der Waals surface area contributed by atoms with E-state index in [1.54, 1.807) is 19.2 Å². The molecule has 0 aliphatic heterocycles. The summed E-state index contributed by atoms with van der Waals surface area (Å²) in [6.07, 6.45) is 5.13. The van der Waals surface area contributed by atoms with Crippen LogP contribution in [0.15, 0.2) is 29.6 Å². The van der Waals surface area contributed by atoms with Crippen molar-refractivity contribution in [1.29, 1.82) is 0 Å². The van der Waals surface area contributed by atoms with Crippen molar-refractivity contribution < 1.29 is 9.36 Å². The van der Waals surface area contributed by atoms with E-state index in [4.69, 9.17) is 0 Å². The van der Waals surface area contributed by atoms with Gasteiger partial charge >= 0.3 is 0 Å². The van der Waals surface area contributed by atoms with Crippen molar-refractivity contribution in [2.24, 2.45) is 12.1 Å². The largest absolute Gasteiger partial charge is 0.277 e. The summed E-state index contributed by atoms with van der Waals surface area (Å²) in [5, 5.41) is 3.64. The minimum atomic E-state index is -0.200. The van der Waals surface area contributed by atoms with Crippen LogP contribution >= 0.6 is 0 Å². The molecular formula is C9H12N3O+. The van der Waals surface area contributed by atoms with Gasteiger partial charge in [-0.3, -0.25) is 4.79 Å². The lowest BCUT2D eigenvalue weighted by Crippen LogP contribution is -2.29. The first-order valence-corrected chi connectivity index (χ1v) is 3.97. The molecule has 0 aliphatic carbocycles. The second kappa shape index (κ2) is 4.35. The fourth-order valence-corrected chi connectivity index (χ4v) is 0.910. The van der Waals surface area contributed by atoms with Gasteiger partial charge in [0.1, 0.15) is 12.6 Å². The predicted octanol–water partition coefficient (Wildman–Crippen LogP) is 0.247. The molecule has 1 amide bonds. The topological polar surface area (TPSA) is 45.3 Å². The Hall–Kier alpha value is -1.71. The summed E-state index contributed by atoms with van der Waals surface area (Å²) >= 11 is 0. The number of carbonyl (C=O) groups excluding carboxylic acids is 1. The van der Waals surface area contributed by atoms with Gasteiger partial charge in [0.05, 0.1) is 0 Å². The smallest absolute Gasteiger partial charge is 0.267 e. The molecule has 4 heteroatoms. The molecule has 0 spiro atoms. The first-order chi connectivity index (χ1) is 6.24. The SMILES string of the molecule is CC=NNC(=O)c1ccc[n+](C)c1. The lowest BCUT2D eigenvalue weighted by atomic mass is 10.3. The third-order valence-corrected chi connectivity index (χ3v) is 1.50. The summed E-state index contributed by atoms with van der Waals surface area (Å²) in [4.78, 5) is 11.3. The summed E-state index contributed by atoms with van der Waals surface area (Å²) in [6.45, 7) is 1.74. The molecule has 0 radical (unpaired) electrons. The van der Waals surface area contributed by atoms with Gasteiger partial charge in [-0.25, -0.2) is 9.99 Å². The van der Waals surface area contributed by atoms with Crippen LogP contribution in [-0.4, -0.2) is 12.1 Å². The van der Waals surface area contributed by atoms with Crippen LogP contribution in [0.1, 0.15) is 17.3 Å². The molecule has 0 atom stereocenters. The zero-order valence-corrected chi connectivity index (χ0v) is 7.69. The summed E-state index contributed by atoms with van der Waals surface area (Å²) in [5.41, 5.74) is 2.99. The van der Waals surface area contributed by atoms with E-state index in [0.717, 1.165) is 0 Å². The quantitative estimate of drug-likeness (QED) is 0.394. The van der Waals surface area contributed by atoms with Crippen molar-refractivity contribution >= 4 is 12.1 Å². The standard InChI is InChI=1S/C9H11N3O/c1-3-10-11-9(13)8-5-4-6-12(2)7-8/h3-7H,1-2H3/p+1. The Kier molecular flexibility index (Phi) is 3.14. The van der Waals surface area contributed by atoms with Crippen LogP contribution in [0, 0.1) is 0 Å². The number of amides is 1. The second-order valence-electron chi connectivity index (χ2n) is 2.59. The molecule has 0 saturated heterocycles. The third kappa shape index (κ3) is 2.66. The number of hydrogen-bond donors (Lipinski definition) is 1. The average molecular weight is 178 g/mol. The Morgan fingerprint density at radius 3 is 3.08 bits per heavy atom. The van der Waals surface area contributed by atoms with Gasteiger partial charge in [0.25, 0.3) is 5.91 Å². The maximum absolute atomic E-state index is 11.3. The number of nitrogens with one attached hydrogen (secondary N) is 1. The van der Waals surface area contributed by atoms with Gasteiger partial charge in [-0.05, 0) is 13.0 Å². The van der Waals surface area contributed by atoms with Crippen LogP contribution in [0.5, 0.6) is 0 Å². The first kappa shape index (κ1) is 9.38. The normalized spacial score (nSPS) is 10.3. The van der Waals surface area contributed by atoms with Gasteiger partial charge in [0.15, 0.2) is 12.4 Å². The Bertz CT molecular complexity index is 333. The number of hydrogen-bond acceptors (Lipinski definition) is 2. The summed E-state index contributed by atoms with van der Waals surface area (Å²) < 4.78 is 1.81. The van der Waals surface area contributed by atoms with E-state index in [0.29, 0.717) is 5.56 Å². The lowest BCUT2D eigenvalue weighted by molar-refractivity contribution is -0.671. The van der Waals surface area contributed by atoms with Gasteiger partial charge in [0.2, 0.25) is 0 Å². The van der Waals surface area contributed by atoms with Crippen LogP contribution < -0.4 is 9.99 Å². The molecule has 0 unspecified atom stereocenters. The summed E-state index contributed by atoms with van der Waals surface area (Å²) in [5.74, 6) is -0.200. The molecule has 0 fully saturated rings. The fourth-order valence-electron chi connectivity index (χ4n) is 0.910. The molecule has 0 aliphatic rings. The number of aryl methyl sites for hydroxylation is 1. The fraction of sp³-hybridized carbons (Fsp3) is 0.222. The summed E-state index contributed by atoms with van der Waals surface area (Å²) in [7, 11) is 1.86. The van der Waals surface area contributed by atoms with Crippen LogP contribution in [0.2, 0.25) is 0 Å². The van der Waals surface area contributed by atoms with Crippen molar-refractivity contribution in [2.45, 2.75) is 6.92 Å². The van der Waals surface area contributed by atoms with Crippen molar-refractivity contribution in [3.05, 3.63) is 30.1 Å². The molecule has 1 heterocycles. The number of pyridine rings is 1. The van der Waals surface area contributed by atoms with Crippen molar-refractivity contribution in [1.82, 2.24) is 5.43 Å². The van der Waals surface area contributed by atoms with Crippen LogP contribution in [0.3, 0.4) is 0 Å². The van der Waals surface area contributed by atoms with Gasteiger partial charge < -0.3 is 0 Å². The van der Waals surface area contributed by atoms with E-state index in [2.05, 4.69) is 10.5 Å². The Balaban J connectivity index is 2.77. The monoisotopic (exact) mass is 178 g/mol. The average Bonchev–Trinajstić information content (AvgIpc) is 2.14. The number of carbonyl (C=O) groups is 1. The maximum Gasteiger partial charge on any atom is 0.277 e. The Labute approximate surface area is 76.9 Å². The second-order valence-corrected chi connectivity index (χ2v) is 2.59. The zero-order chi connectivity index (χ0) is 9.68. The van der Waals surface area contributed by atoms with Gasteiger partial charge in [0, 0.05) is 12.3 Å². The highest BCUT2D eigenvalue weighted by molar-refractivity contribution is 5.93. The lowest BCUT2D eigenvalue weighted by Gasteiger charge is -1.96. The van der Waals surface area contributed by atoms with Gasteiger partial charge in [-0.1, -0.05) is 0 Å². The molecule has 1 rings (SSSR count). The molecule has 68 valence electrons. The van der Waals surface area contributed by atoms with Crippen molar-refractivity contribution in [2.75, 3.05) is 0 Å². The number of hydrazone groups is 1. The molecule has 0 aromatic carbocycles. The van der Waals surface area contributed by atoms with Crippen LogP contribution in [0.25, 0.3) is 0 Å². The maximum atomic E-state index is 11.3. The highest BCUT2D eigenvalue weighted by Crippen LogP contribution is 1.92. The molecule has 0 bridgehead atoms. The van der Waals surface area contributed by atoms with Gasteiger partial charge in [-0.2, -0.15) is 5.10 Å². The van der Waals surface area contributed by atoms with Crippen LogP contribution in [-0.2, 0) is 7.05 Å². The highest BCUT2D eigenvalue weighted by Gasteiger charge is 2.06. The van der Waals surface area contributed by atoms with E-state index in [9.17, 15) is 4.79 Å². The van der Waals surface area contributed by atoms with Crippen molar-refractivity contribution in [3.8, 4) is 0 Å². The van der Waals surface area contributed by atoms with E-state index in [-0.39, 0.29) is 5.91 Å². The van der Waals surface area contributed by atoms with E-state index in [1.807, 2.05) is 23.9 Å².